The maximum Gasteiger partial charge on any atom is 0.159 e. The van der Waals surface area contributed by atoms with Crippen LogP contribution >= 0.6 is 11.6 Å². The SMILES string of the molecule is CC(=O)C(Cl)(c1ccccc1)c1ccccc1. The van der Waals surface area contributed by atoms with E-state index in [9.17, 15) is 4.79 Å². The van der Waals surface area contributed by atoms with E-state index in [1.165, 1.54) is 6.92 Å². The van der Waals surface area contributed by atoms with Gasteiger partial charge in [0.25, 0.3) is 0 Å². The summed E-state index contributed by atoms with van der Waals surface area (Å²) in [5.41, 5.74) is 1.61. The van der Waals surface area contributed by atoms with Gasteiger partial charge in [-0.15, -0.1) is 11.6 Å². The number of rotatable bonds is 3. The third kappa shape index (κ3) is 2.11. The Labute approximate surface area is 106 Å². The Bertz CT molecular complexity index is 465. The van der Waals surface area contributed by atoms with E-state index in [1.54, 1.807) is 0 Å². The fourth-order valence-electron chi connectivity index (χ4n) is 1.91. The monoisotopic (exact) mass is 244 g/mol. The van der Waals surface area contributed by atoms with Crippen molar-refractivity contribution in [3.63, 3.8) is 0 Å². The first-order valence-electron chi connectivity index (χ1n) is 5.46. The van der Waals surface area contributed by atoms with Crippen molar-refractivity contribution >= 4 is 17.4 Å². The Morgan fingerprint density at radius 1 is 0.882 bits per heavy atom. The van der Waals surface area contributed by atoms with E-state index in [0.29, 0.717) is 0 Å². The van der Waals surface area contributed by atoms with Crippen molar-refractivity contribution in [2.75, 3.05) is 0 Å². The Kier molecular flexibility index (Phi) is 3.30. The van der Waals surface area contributed by atoms with Gasteiger partial charge in [0.15, 0.2) is 10.7 Å². The van der Waals surface area contributed by atoms with Crippen LogP contribution in [0, 0.1) is 0 Å². The van der Waals surface area contributed by atoms with Crippen LogP contribution in [0.3, 0.4) is 0 Å². The first-order chi connectivity index (χ1) is 8.15. The summed E-state index contributed by atoms with van der Waals surface area (Å²) >= 11 is 6.58. The van der Waals surface area contributed by atoms with E-state index in [-0.39, 0.29) is 5.78 Å². The normalized spacial score (nSPS) is 11.2. The summed E-state index contributed by atoms with van der Waals surface area (Å²) in [6.07, 6.45) is 0. The largest absolute Gasteiger partial charge is 0.297 e. The maximum atomic E-state index is 11.9. The van der Waals surface area contributed by atoms with Crippen molar-refractivity contribution in [1.29, 1.82) is 0 Å². The molecule has 2 rings (SSSR count). The van der Waals surface area contributed by atoms with Gasteiger partial charge in [-0.3, -0.25) is 4.79 Å². The molecule has 0 bridgehead atoms. The van der Waals surface area contributed by atoms with E-state index in [0.717, 1.165) is 11.1 Å². The predicted molar refractivity (Wildman–Crippen MR) is 70.2 cm³/mol. The average Bonchev–Trinajstić information content (AvgIpc) is 2.39. The zero-order valence-electron chi connectivity index (χ0n) is 9.56. The molecule has 0 fully saturated rings. The molecule has 86 valence electrons. The summed E-state index contributed by atoms with van der Waals surface area (Å²) in [5, 5.41) is 0. The van der Waals surface area contributed by atoms with E-state index in [2.05, 4.69) is 0 Å². The van der Waals surface area contributed by atoms with Gasteiger partial charge >= 0.3 is 0 Å². The molecular weight excluding hydrogens is 232 g/mol. The molecule has 2 heteroatoms. The molecule has 2 aromatic carbocycles. The Hall–Kier alpha value is -1.60. The molecule has 0 aliphatic heterocycles. The standard InChI is InChI=1S/C15H13ClO/c1-12(17)15(16,13-8-4-2-5-9-13)14-10-6-3-7-11-14/h2-11H,1H3. The van der Waals surface area contributed by atoms with Gasteiger partial charge < -0.3 is 0 Å². The highest BCUT2D eigenvalue weighted by atomic mass is 35.5. The molecule has 0 radical (unpaired) electrons. The van der Waals surface area contributed by atoms with Crippen LogP contribution in [0.5, 0.6) is 0 Å². The summed E-state index contributed by atoms with van der Waals surface area (Å²) < 4.78 is 0. The summed E-state index contributed by atoms with van der Waals surface area (Å²) in [6.45, 7) is 1.52. The summed E-state index contributed by atoms with van der Waals surface area (Å²) in [6, 6.07) is 18.9. The number of alkyl halides is 1. The number of carbonyl (C=O) groups excluding carboxylic acids is 1. The summed E-state index contributed by atoms with van der Waals surface area (Å²) in [5.74, 6) is -0.0726. The van der Waals surface area contributed by atoms with Crippen molar-refractivity contribution < 1.29 is 4.79 Å². The molecule has 0 aliphatic carbocycles. The lowest BCUT2D eigenvalue weighted by Gasteiger charge is -2.25. The first-order valence-corrected chi connectivity index (χ1v) is 5.84. The van der Waals surface area contributed by atoms with Gasteiger partial charge in [0.1, 0.15) is 0 Å². The molecule has 2 aromatic rings. The van der Waals surface area contributed by atoms with Crippen LogP contribution in [-0.4, -0.2) is 5.78 Å². The minimum atomic E-state index is -1.08. The third-order valence-electron chi connectivity index (χ3n) is 2.83. The fraction of sp³-hybridized carbons (Fsp3) is 0.133. The lowest BCUT2D eigenvalue weighted by molar-refractivity contribution is -0.118. The molecule has 0 unspecified atom stereocenters. The second-order valence-electron chi connectivity index (χ2n) is 3.95. The molecule has 0 heterocycles. The quantitative estimate of drug-likeness (QED) is 0.752. The minimum Gasteiger partial charge on any atom is -0.297 e. The Morgan fingerprint density at radius 2 is 1.24 bits per heavy atom. The van der Waals surface area contributed by atoms with Crippen molar-refractivity contribution in [3.05, 3.63) is 71.8 Å². The second-order valence-corrected chi connectivity index (χ2v) is 4.51. The lowest BCUT2D eigenvalue weighted by Crippen LogP contribution is -2.29. The van der Waals surface area contributed by atoms with Gasteiger partial charge in [0.05, 0.1) is 0 Å². The van der Waals surface area contributed by atoms with Gasteiger partial charge in [-0.1, -0.05) is 60.7 Å². The Morgan fingerprint density at radius 3 is 1.53 bits per heavy atom. The first kappa shape index (κ1) is 11.9. The predicted octanol–water partition coefficient (Wildman–Crippen LogP) is 3.76. The van der Waals surface area contributed by atoms with Crippen molar-refractivity contribution in [2.45, 2.75) is 11.8 Å². The average molecular weight is 245 g/mol. The molecule has 0 saturated heterocycles. The van der Waals surface area contributed by atoms with E-state index in [4.69, 9.17) is 11.6 Å². The number of hydrogen-bond acceptors (Lipinski definition) is 1. The van der Waals surface area contributed by atoms with Crippen molar-refractivity contribution in [2.24, 2.45) is 0 Å². The van der Waals surface area contributed by atoms with Crippen LogP contribution in [0.4, 0.5) is 0 Å². The maximum absolute atomic E-state index is 11.9. The molecule has 0 amide bonds. The van der Waals surface area contributed by atoms with Crippen LogP contribution in [0.2, 0.25) is 0 Å². The number of benzene rings is 2. The van der Waals surface area contributed by atoms with Crippen molar-refractivity contribution in [3.8, 4) is 0 Å². The highest BCUT2D eigenvalue weighted by Gasteiger charge is 2.36. The van der Waals surface area contributed by atoms with Gasteiger partial charge in [-0.2, -0.15) is 0 Å². The smallest absolute Gasteiger partial charge is 0.159 e. The van der Waals surface area contributed by atoms with Crippen molar-refractivity contribution in [1.82, 2.24) is 0 Å². The zero-order chi connectivity index (χ0) is 12.3. The number of hydrogen-bond donors (Lipinski definition) is 0. The van der Waals surface area contributed by atoms with E-state index >= 15 is 0 Å². The summed E-state index contributed by atoms with van der Waals surface area (Å²) in [7, 11) is 0. The molecule has 0 N–H and O–H groups in total. The molecule has 0 atom stereocenters. The molecule has 0 aliphatic rings. The molecule has 17 heavy (non-hydrogen) atoms. The summed E-state index contributed by atoms with van der Waals surface area (Å²) in [4.78, 5) is 10.9. The van der Waals surface area contributed by atoms with Crippen LogP contribution in [0.25, 0.3) is 0 Å². The van der Waals surface area contributed by atoms with Gasteiger partial charge in [0, 0.05) is 0 Å². The number of ketones is 1. The lowest BCUT2D eigenvalue weighted by atomic mass is 9.87. The van der Waals surface area contributed by atoms with Gasteiger partial charge in [-0.05, 0) is 18.1 Å². The third-order valence-corrected chi connectivity index (χ3v) is 3.53. The highest BCUT2D eigenvalue weighted by Crippen LogP contribution is 2.37. The number of carbonyl (C=O) groups is 1. The van der Waals surface area contributed by atoms with Crippen LogP contribution in [-0.2, 0) is 9.67 Å². The zero-order valence-corrected chi connectivity index (χ0v) is 10.3. The second kappa shape index (κ2) is 4.72. The fourth-order valence-corrected chi connectivity index (χ4v) is 2.16. The van der Waals surface area contributed by atoms with Gasteiger partial charge in [0.2, 0.25) is 0 Å². The Balaban J connectivity index is 2.59. The van der Waals surface area contributed by atoms with Crippen LogP contribution in [0.1, 0.15) is 18.1 Å². The molecule has 0 saturated carbocycles. The van der Waals surface area contributed by atoms with E-state index in [1.807, 2.05) is 60.7 Å². The highest BCUT2D eigenvalue weighted by molar-refractivity contribution is 6.37. The molecule has 0 spiro atoms. The van der Waals surface area contributed by atoms with Crippen LogP contribution < -0.4 is 0 Å². The number of Topliss-reactive ketones (excluding diaryl/α,β-unsaturated/α-hetero) is 1. The molecule has 0 aromatic heterocycles. The molecule has 1 nitrogen and oxygen atoms in total. The van der Waals surface area contributed by atoms with E-state index < -0.39 is 4.87 Å². The number of halogens is 1. The molecular formula is C15H13ClO. The van der Waals surface area contributed by atoms with Crippen LogP contribution in [0.15, 0.2) is 60.7 Å². The minimum absolute atomic E-state index is 0.0726. The topological polar surface area (TPSA) is 17.1 Å². The van der Waals surface area contributed by atoms with Gasteiger partial charge in [-0.25, -0.2) is 0 Å².